The molecule has 0 radical (unpaired) electrons. The SMILES string of the molecule is Cl.O=C(CC1(C(=O)NCC2CCCO2)CCNC1)NCC1CCCO1. The average molecular weight is 376 g/mol. The van der Waals surface area contributed by atoms with Crippen molar-refractivity contribution in [2.75, 3.05) is 39.4 Å². The number of carbonyl (C=O) groups is 2. The highest BCUT2D eigenvalue weighted by Crippen LogP contribution is 2.30. The molecule has 3 fully saturated rings. The van der Waals surface area contributed by atoms with Crippen molar-refractivity contribution in [1.82, 2.24) is 16.0 Å². The van der Waals surface area contributed by atoms with E-state index >= 15 is 0 Å². The third-order valence-electron chi connectivity index (χ3n) is 5.29. The molecule has 0 saturated carbocycles. The Bertz CT molecular complexity index is 445. The first-order chi connectivity index (χ1) is 11.7. The van der Waals surface area contributed by atoms with E-state index in [9.17, 15) is 9.59 Å². The third kappa shape index (κ3) is 5.54. The minimum Gasteiger partial charge on any atom is -0.376 e. The predicted molar refractivity (Wildman–Crippen MR) is 95.8 cm³/mol. The van der Waals surface area contributed by atoms with Crippen LogP contribution in [-0.4, -0.2) is 63.4 Å². The number of rotatable bonds is 7. The molecule has 8 heteroatoms. The molecule has 3 aliphatic rings. The zero-order valence-electron chi connectivity index (χ0n) is 14.7. The first-order valence-electron chi connectivity index (χ1n) is 9.17. The van der Waals surface area contributed by atoms with E-state index in [0.29, 0.717) is 26.1 Å². The summed E-state index contributed by atoms with van der Waals surface area (Å²) < 4.78 is 11.1. The number of ether oxygens (including phenoxy) is 2. The molecule has 3 aliphatic heterocycles. The zero-order chi connectivity index (χ0) is 16.8. The highest BCUT2D eigenvalue weighted by molar-refractivity contribution is 5.89. The highest BCUT2D eigenvalue weighted by atomic mass is 35.5. The van der Waals surface area contributed by atoms with Gasteiger partial charge >= 0.3 is 0 Å². The van der Waals surface area contributed by atoms with Crippen molar-refractivity contribution in [2.24, 2.45) is 5.41 Å². The molecule has 3 atom stereocenters. The Kier molecular flexibility index (Phi) is 7.93. The summed E-state index contributed by atoms with van der Waals surface area (Å²) in [7, 11) is 0. The Balaban J connectivity index is 0.00000225. The summed E-state index contributed by atoms with van der Waals surface area (Å²) in [5.74, 6) is -0.100. The maximum absolute atomic E-state index is 12.7. The minimum atomic E-state index is -0.640. The molecule has 3 saturated heterocycles. The topological polar surface area (TPSA) is 88.7 Å². The van der Waals surface area contributed by atoms with Crippen LogP contribution >= 0.6 is 12.4 Å². The molecule has 0 aromatic carbocycles. The Labute approximate surface area is 155 Å². The van der Waals surface area contributed by atoms with Crippen LogP contribution in [0, 0.1) is 5.41 Å². The van der Waals surface area contributed by atoms with E-state index in [2.05, 4.69) is 16.0 Å². The molecule has 0 aliphatic carbocycles. The summed E-state index contributed by atoms with van der Waals surface area (Å²) in [5, 5.41) is 9.16. The van der Waals surface area contributed by atoms with Crippen LogP contribution in [0.3, 0.4) is 0 Å². The molecular formula is C17H30ClN3O4. The van der Waals surface area contributed by atoms with Crippen LogP contribution in [0.2, 0.25) is 0 Å². The van der Waals surface area contributed by atoms with Gasteiger partial charge in [0.15, 0.2) is 0 Å². The molecule has 2 amide bonds. The van der Waals surface area contributed by atoms with Gasteiger partial charge in [0.05, 0.1) is 17.6 Å². The lowest BCUT2D eigenvalue weighted by molar-refractivity contribution is -0.136. The lowest BCUT2D eigenvalue weighted by Crippen LogP contribution is -2.48. The average Bonchev–Trinajstić information content (AvgIpc) is 3.32. The van der Waals surface area contributed by atoms with Gasteiger partial charge in [-0.25, -0.2) is 0 Å². The number of carbonyl (C=O) groups excluding carboxylic acids is 2. The molecule has 0 aromatic heterocycles. The predicted octanol–water partition coefficient (Wildman–Crippen LogP) is 0.368. The second-order valence-electron chi connectivity index (χ2n) is 7.17. The van der Waals surface area contributed by atoms with Gasteiger partial charge in [0, 0.05) is 39.3 Å². The first-order valence-corrected chi connectivity index (χ1v) is 9.17. The van der Waals surface area contributed by atoms with Gasteiger partial charge in [0.2, 0.25) is 11.8 Å². The van der Waals surface area contributed by atoms with Crippen molar-refractivity contribution < 1.29 is 19.1 Å². The van der Waals surface area contributed by atoms with Gasteiger partial charge in [0.1, 0.15) is 0 Å². The Morgan fingerprint density at radius 1 is 1.04 bits per heavy atom. The summed E-state index contributed by atoms with van der Waals surface area (Å²) >= 11 is 0. The summed E-state index contributed by atoms with van der Waals surface area (Å²) in [6.07, 6.45) is 5.26. The van der Waals surface area contributed by atoms with Crippen molar-refractivity contribution in [1.29, 1.82) is 0 Å². The maximum atomic E-state index is 12.7. The van der Waals surface area contributed by atoms with Crippen LogP contribution in [-0.2, 0) is 19.1 Å². The van der Waals surface area contributed by atoms with E-state index in [1.165, 1.54) is 0 Å². The van der Waals surface area contributed by atoms with Crippen LogP contribution in [0.4, 0.5) is 0 Å². The molecule has 7 nitrogen and oxygen atoms in total. The van der Waals surface area contributed by atoms with Crippen molar-refractivity contribution in [2.45, 2.75) is 50.7 Å². The van der Waals surface area contributed by atoms with Gasteiger partial charge < -0.3 is 25.4 Å². The number of amides is 2. The van der Waals surface area contributed by atoms with Gasteiger partial charge in [-0.3, -0.25) is 9.59 Å². The second-order valence-corrected chi connectivity index (χ2v) is 7.17. The molecule has 3 unspecified atom stereocenters. The van der Waals surface area contributed by atoms with E-state index < -0.39 is 5.41 Å². The van der Waals surface area contributed by atoms with E-state index in [-0.39, 0.29) is 42.9 Å². The fraction of sp³-hybridized carbons (Fsp3) is 0.882. The Hall–Kier alpha value is -0.890. The van der Waals surface area contributed by atoms with E-state index in [1.54, 1.807) is 0 Å². The molecule has 3 rings (SSSR count). The van der Waals surface area contributed by atoms with Gasteiger partial charge in [0.25, 0.3) is 0 Å². The Morgan fingerprint density at radius 2 is 1.68 bits per heavy atom. The zero-order valence-corrected chi connectivity index (χ0v) is 15.5. The van der Waals surface area contributed by atoms with Crippen LogP contribution in [0.1, 0.15) is 38.5 Å². The molecular weight excluding hydrogens is 346 g/mol. The minimum absolute atomic E-state index is 0. The van der Waals surface area contributed by atoms with Crippen LogP contribution in [0.5, 0.6) is 0 Å². The first kappa shape index (κ1) is 20.4. The summed E-state index contributed by atoms with van der Waals surface area (Å²) in [5.41, 5.74) is -0.640. The van der Waals surface area contributed by atoms with Gasteiger partial charge in [-0.05, 0) is 38.6 Å². The highest BCUT2D eigenvalue weighted by Gasteiger charge is 2.43. The van der Waals surface area contributed by atoms with E-state index in [0.717, 1.165) is 45.4 Å². The molecule has 3 N–H and O–H groups in total. The van der Waals surface area contributed by atoms with Crippen molar-refractivity contribution >= 4 is 24.2 Å². The number of halogens is 1. The van der Waals surface area contributed by atoms with Crippen molar-refractivity contribution in [3.63, 3.8) is 0 Å². The smallest absolute Gasteiger partial charge is 0.228 e. The summed E-state index contributed by atoms with van der Waals surface area (Å²) in [6.45, 7) is 3.96. The fourth-order valence-corrected chi connectivity index (χ4v) is 3.77. The number of hydrogen-bond donors (Lipinski definition) is 3. The molecule has 0 spiro atoms. The van der Waals surface area contributed by atoms with E-state index in [1.807, 2.05) is 0 Å². The second kappa shape index (κ2) is 9.71. The van der Waals surface area contributed by atoms with Crippen LogP contribution < -0.4 is 16.0 Å². The summed E-state index contributed by atoms with van der Waals surface area (Å²) in [6, 6.07) is 0. The van der Waals surface area contributed by atoms with Crippen LogP contribution in [0.15, 0.2) is 0 Å². The van der Waals surface area contributed by atoms with Crippen molar-refractivity contribution in [3.05, 3.63) is 0 Å². The van der Waals surface area contributed by atoms with Gasteiger partial charge in [-0.1, -0.05) is 0 Å². The molecule has 0 bridgehead atoms. The number of nitrogens with one attached hydrogen (secondary N) is 3. The maximum Gasteiger partial charge on any atom is 0.228 e. The van der Waals surface area contributed by atoms with Crippen LogP contribution in [0.25, 0.3) is 0 Å². The lowest BCUT2D eigenvalue weighted by Gasteiger charge is -2.27. The third-order valence-corrected chi connectivity index (χ3v) is 5.29. The summed E-state index contributed by atoms with van der Waals surface area (Å²) in [4.78, 5) is 25.0. The van der Waals surface area contributed by atoms with E-state index in [4.69, 9.17) is 9.47 Å². The normalized spacial score (nSPS) is 31.5. The van der Waals surface area contributed by atoms with Gasteiger partial charge in [-0.2, -0.15) is 0 Å². The monoisotopic (exact) mass is 375 g/mol. The lowest BCUT2D eigenvalue weighted by atomic mass is 9.82. The largest absolute Gasteiger partial charge is 0.376 e. The molecule has 25 heavy (non-hydrogen) atoms. The molecule has 3 heterocycles. The fourth-order valence-electron chi connectivity index (χ4n) is 3.77. The number of hydrogen-bond acceptors (Lipinski definition) is 5. The standard InChI is InChI=1S/C17H29N3O4.ClH/c21-15(19-10-13-3-1-7-23-13)9-17(5-6-18-12-17)16(22)20-11-14-4-2-8-24-14;/h13-14,18H,1-12H2,(H,19,21)(H,20,22);1H. The quantitative estimate of drug-likeness (QED) is 0.598. The van der Waals surface area contributed by atoms with Crippen molar-refractivity contribution in [3.8, 4) is 0 Å². The Morgan fingerprint density at radius 3 is 2.20 bits per heavy atom. The van der Waals surface area contributed by atoms with Gasteiger partial charge in [-0.15, -0.1) is 12.4 Å². The molecule has 144 valence electrons. The molecule has 0 aromatic rings.